The molecule has 0 unspecified atom stereocenters. The fourth-order valence-electron chi connectivity index (χ4n) is 2.31. The zero-order chi connectivity index (χ0) is 18.7. The van der Waals surface area contributed by atoms with Crippen LogP contribution in [0.5, 0.6) is 0 Å². The quantitative estimate of drug-likeness (QED) is 0.835. The number of carboxylic acid groups (broad SMARTS) is 1. The van der Waals surface area contributed by atoms with Crippen LogP contribution in [0, 0.1) is 11.7 Å². The van der Waals surface area contributed by atoms with Crippen molar-refractivity contribution in [2.45, 2.75) is 39.7 Å². The Bertz CT molecular complexity index is 786. The van der Waals surface area contributed by atoms with E-state index in [1.165, 1.54) is 16.8 Å². The van der Waals surface area contributed by atoms with Gasteiger partial charge in [0.1, 0.15) is 23.4 Å². The molecule has 1 atom stereocenters. The number of para-hydroxylation sites is 1. The molecule has 8 heteroatoms. The van der Waals surface area contributed by atoms with Crippen molar-refractivity contribution in [3.8, 4) is 5.69 Å². The summed E-state index contributed by atoms with van der Waals surface area (Å²) in [5, 5.41) is 15.7. The summed E-state index contributed by atoms with van der Waals surface area (Å²) in [7, 11) is 0. The summed E-state index contributed by atoms with van der Waals surface area (Å²) >= 11 is 0. The highest BCUT2D eigenvalue weighted by Crippen LogP contribution is 2.19. The Kier molecular flexibility index (Phi) is 5.51. The third-order valence-corrected chi connectivity index (χ3v) is 3.65. The molecule has 7 nitrogen and oxygen atoms in total. The number of benzene rings is 1. The molecule has 0 aliphatic carbocycles. The van der Waals surface area contributed by atoms with Gasteiger partial charge in [0.25, 0.3) is 5.91 Å². The summed E-state index contributed by atoms with van der Waals surface area (Å²) in [5.41, 5.74) is 0.177. The second kappa shape index (κ2) is 7.42. The molecular weight excluding hydrogens is 327 g/mol. The molecule has 134 valence electrons. The Morgan fingerprint density at radius 2 is 1.84 bits per heavy atom. The highest BCUT2D eigenvalue weighted by molar-refractivity contribution is 5.93. The first-order valence-electron chi connectivity index (χ1n) is 7.97. The van der Waals surface area contributed by atoms with Crippen LogP contribution in [0.4, 0.5) is 4.39 Å². The molecule has 25 heavy (non-hydrogen) atoms. The van der Waals surface area contributed by atoms with E-state index < -0.39 is 23.7 Å². The van der Waals surface area contributed by atoms with E-state index in [2.05, 4.69) is 15.4 Å². The van der Waals surface area contributed by atoms with E-state index >= 15 is 0 Å². The number of aliphatic carboxylic acids is 1. The van der Waals surface area contributed by atoms with E-state index in [1.807, 2.05) is 13.8 Å². The number of carbonyl (C=O) groups excluding carboxylic acids is 1. The summed E-state index contributed by atoms with van der Waals surface area (Å²) in [6.07, 6.45) is 0. The fourth-order valence-corrected chi connectivity index (χ4v) is 2.31. The van der Waals surface area contributed by atoms with Gasteiger partial charge in [-0.3, -0.25) is 4.79 Å². The first-order chi connectivity index (χ1) is 11.7. The molecule has 0 saturated carbocycles. The van der Waals surface area contributed by atoms with Crippen LogP contribution < -0.4 is 5.32 Å². The maximum atomic E-state index is 14.1. The first kappa shape index (κ1) is 18.6. The minimum atomic E-state index is -1.14. The van der Waals surface area contributed by atoms with Gasteiger partial charge in [-0.2, -0.15) is 0 Å². The van der Waals surface area contributed by atoms with Gasteiger partial charge < -0.3 is 10.4 Å². The standard InChI is InChI=1S/C17H21FN4O3/c1-9(2)13(17(24)25)19-16(23)14-20-15(10(3)4)22(21-14)12-8-6-5-7-11(12)18/h5-10,13H,1-4H3,(H,19,23)(H,24,25)/t13-/m0/s1. The minimum Gasteiger partial charge on any atom is -0.480 e. The van der Waals surface area contributed by atoms with Crippen molar-refractivity contribution < 1.29 is 19.1 Å². The van der Waals surface area contributed by atoms with E-state index in [0.717, 1.165) is 0 Å². The third kappa shape index (κ3) is 4.01. The van der Waals surface area contributed by atoms with E-state index in [4.69, 9.17) is 0 Å². The summed E-state index contributed by atoms with van der Waals surface area (Å²) in [5.74, 6) is -2.55. The predicted molar refractivity (Wildman–Crippen MR) is 89.1 cm³/mol. The van der Waals surface area contributed by atoms with Gasteiger partial charge >= 0.3 is 5.97 Å². The molecule has 2 rings (SSSR count). The van der Waals surface area contributed by atoms with Gasteiger partial charge in [-0.05, 0) is 18.1 Å². The highest BCUT2D eigenvalue weighted by Gasteiger charge is 2.27. The summed E-state index contributed by atoms with van der Waals surface area (Å²) in [6, 6.07) is 4.98. The number of carboxylic acids is 1. The van der Waals surface area contributed by atoms with Crippen LogP contribution in [0.2, 0.25) is 0 Å². The Morgan fingerprint density at radius 1 is 1.20 bits per heavy atom. The number of hydrogen-bond acceptors (Lipinski definition) is 4. The fraction of sp³-hybridized carbons (Fsp3) is 0.412. The zero-order valence-corrected chi connectivity index (χ0v) is 14.5. The number of hydrogen-bond donors (Lipinski definition) is 2. The monoisotopic (exact) mass is 348 g/mol. The third-order valence-electron chi connectivity index (χ3n) is 3.65. The number of rotatable bonds is 6. The van der Waals surface area contributed by atoms with Crippen LogP contribution in [0.3, 0.4) is 0 Å². The molecule has 0 aliphatic heterocycles. The van der Waals surface area contributed by atoms with Crippen LogP contribution in [0.15, 0.2) is 24.3 Å². The molecule has 1 heterocycles. The second-order valence-corrected chi connectivity index (χ2v) is 6.34. The SMILES string of the molecule is CC(C)c1nc(C(=O)N[C@H](C(=O)O)C(C)C)nn1-c1ccccc1F. The lowest BCUT2D eigenvalue weighted by Crippen LogP contribution is -2.44. The van der Waals surface area contributed by atoms with Crippen molar-refractivity contribution >= 4 is 11.9 Å². The molecular formula is C17H21FN4O3. The largest absolute Gasteiger partial charge is 0.480 e. The molecule has 0 saturated heterocycles. The average Bonchev–Trinajstić information content (AvgIpc) is 2.97. The van der Waals surface area contributed by atoms with Crippen LogP contribution in [0.25, 0.3) is 5.69 Å². The van der Waals surface area contributed by atoms with E-state index in [0.29, 0.717) is 5.82 Å². The Morgan fingerprint density at radius 3 is 2.36 bits per heavy atom. The van der Waals surface area contributed by atoms with Crippen molar-refractivity contribution in [2.75, 3.05) is 0 Å². The van der Waals surface area contributed by atoms with Gasteiger partial charge in [0.15, 0.2) is 0 Å². The number of carbonyl (C=O) groups is 2. The first-order valence-corrected chi connectivity index (χ1v) is 7.97. The van der Waals surface area contributed by atoms with Crippen LogP contribution in [-0.2, 0) is 4.79 Å². The predicted octanol–water partition coefficient (Wildman–Crippen LogP) is 2.37. The van der Waals surface area contributed by atoms with Gasteiger partial charge in [0.05, 0.1) is 0 Å². The molecule has 0 aliphatic rings. The molecule has 1 aromatic carbocycles. The van der Waals surface area contributed by atoms with Gasteiger partial charge in [-0.15, -0.1) is 5.10 Å². The van der Waals surface area contributed by atoms with Crippen molar-refractivity contribution in [2.24, 2.45) is 5.92 Å². The second-order valence-electron chi connectivity index (χ2n) is 6.34. The lowest BCUT2D eigenvalue weighted by atomic mass is 10.0. The average molecular weight is 348 g/mol. The van der Waals surface area contributed by atoms with Gasteiger partial charge in [0, 0.05) is 5.92 Å². The zero-order valence-electron chi connectivity index (χ0n) is 14.5. The molecule has 2 N–H and O–H groups in total. The van der Waals surface area contributed by atoms with Crippen LogP contribution in [0.1, 0.15) is 50.1 Å². The van der Waals surface area contributed by atoms with Crippen molar-refractivity contribution in [3.05, 3.63) is 41.7 Å². The lowest BCUT2D eigenvalue weighted by molar-refractivity contribution is -0.140. The Hall–Kier alpha value is -2.77. The normalized spacial score (nSPS) is 12.4. The molecule has 1 amide bonds. The summed E-state index contributed by atoms with van der Waals surface area (Å²) in [4.78, 5) is 27.8. The highest BCUT2D eigenvalue weighted by atomic mass is 19.1. The summed E-state index contributed by atoms with van der Waals surface area (Å²) < 4.78 is 15.4. The van der Waals surface area contributed by atoms with E-state index in [9.17, 15) is 19.1 Å². The maximum absolute atomic E-state index is 14.1. The number of amides is 1. The molecule has 0 radical (unpaired) electrons. The number of nitrogens with zero attached hydrogens (tertiary/aromatic N) is 3. The maximum Gasteiger partial charge on any atom is 0.326 e. The van der Waals surface area contributed by atoms with Gasteiger partial charge in [0.2, 0.25) is 5.82 Å². The van der Waals surface area contributed by atoms with E-state index in [1.54, 1.807) is 26.0 Å². The molecule has 0 spiro atoms. The number of nitrogens with one attached hydrogen (secondary N) is 1. The Balaban J connectivity index is 2.41. The van der Waals surface area contributed by atoms with Crippen LogP contribution >= 0.6 is 0 Å². The summed E-state index contributed by atoms with van der Waals surface area (Å²) in [6.45, 7) is 7.06. The lowest BCUT2D eigenvalue weighted by Gasteiger charge is -2.16. The van der Waals surface area contributed by atoms with Crippen molar-refractivity contribution in [1.29, 1.82) is 0 Å². The molecule has 2 aromatic rings. The van der Waals surface area contributed by atoms with Crippen LogP contribution in [-0.4, -0.2) is 37.8 Å². The molecule has 1 aromatic heterocycles. The number of halogens is 1. The van der Waals surface area contributed by atoms with E-state index in [-0.39, 0.29) is 23.3 Å². The topological polar surface area (TPSA) is 97.1 Å². The smallest absolute Gasteiger partial charge is 0.326 e. The number of aromatic nitrogens is 3. The Labute approximate surface area is 144 Å². The van der Waals surface area contributed by atoms with Gasteiger partial charge in [-0.25, -0.2) is 18.9 Å². The molecule has 0 fully saturated rings. The minimum absolute atomic E-state index is 0.117. The molecule has 0 bridgehead atoms. The van der Waals surface area contributed by atoms with Crippen molar-refractivity contribution in [3.63, 3.8) is 0 Å². The van der Waals surface area contributed by atoms with Crippen molar-refractivity contribution in [1.82, 2.24) is 20.1 Å². The van der Waals surface area contributed by atoms with Gasteiger partial charge in [-0.1, -0.05) is 39.8 Å².